The maximum absolute atomic E-state index is 11.9. The molecule has 0 saturated heterocycles. The van der Waals surface area contributed by atoms with Crippen molar-refractivity contribution in [2.75, 3.05) is 11.1 Å². The van der Waals surface area contributed by atoms with Crippen LogP contribution >= 0.6 is 23.2 Å². The molecule has 0 spiro atoms. The Labute approximate surface area is 130 Å². The minimum absolute atomic E-state index is 0.0648. The van der Waals surface area contributed by atoms with E-state index < -0.39 is 0 Å². The number of carbonyl (C=O) groups is 1. The SMILES string of the molecule is Nc1cc(Cl)cc(Cl)c1NC(=O)CCn1ncccc1=O. The number of amides is 1. The smallest absolute Gasteiger partial charge is 0.266 e. The molecule has 0 aliphatic carbocycles. The van der Waals surface area contributed by atoms with Crippen LogP contribution in [0.4, 0.5) is 11.4 Å². The van der Waals surface area contributed by atoms with E-state index in [1.807, 2.05) is 0 Å². The Morgan fingerprint density at radius 1 is 1.38 bits per heavy atom. The van der Waals surface area contributed by atoms with Crippen LogP contribution in [0, 0.1) is 0 Å². The third-order valence-electron chi connectivity index (χ3n) is 2.69. The third kappa shape index (κ3) is 3.96. The zero-order chi connectivity index (χ0) is 15.4. The molecule has 0 saturated carbocycles. The number of halogens is 2. The van der Waals surface area contributed by atoms with Crippen LogP contribution in [-0.2, 0) is 11.3 Å². The number of hydrogen-bond acceptors (Lipinski definition) is 4. The Balaban J connectivity index is 2.03. The second-order valence-electron chi connectivity index (χ2n) is 4.24. The summed E-state index contributed by atoms with van der Waals surface area (Å²) >= 11 is 11.8. The summed E-state index contributed by atoms with van der Waals surface area (Å²) in [6.45, 7) is 0.163. The molecule has 0 unspecified atom stereocenters. The Morgan fingerprint density at radius 2 is 2.14 bits per heavy atom. The molecule has 2 aromatic rings. The highest BCUT2D eigenvalue weighted by Crippen LogP contribution is 2.32. The number of hydrogen-bond donors (Lipinski definition) is 2. The van der Waals surface area contributed by atoms with E-state index >= 15 is 0 Å². The van der Waals surface area contributed by atoms with Gasteiger partial charge in [-0.2, -0.15) is 5.10 Å². The predicted molar refractivity (Wildman–Crippen MR) is 82.6 cm³/mol. The van der Waals surface area contributed by atoms with Gasteiger partial charge in [0.25, 0.3) is 5.56 Å². The summed E-state index contributed by atoms with van der Waals surface area (Å²) in [6, 6.07) is 5.89. The van der Waals surface area contributed by atoms with Crippen LogP contribution in [0.5, 0.6) is 0 Å². The van der Waals surface area contributed by atoms with Crippen LogP contribution in [-0.4, -0.2) is 15.7 Å². The van der Waals surface area contributed by atoms with Gasteiger partial charge in [-0.05, 0) is 18.2 Å². The molecule has 0 radical (unpaired) electrons. The molecule has 3 N–H and O–H groups in total. The van der Waals surface area contributed by atoms with Crippen LogP contribution in [0.15, 0.2) is 35.3 Å². The Kier molecular flexibility index (Phi) is 4.82. The largest absolute Gasteiger partial charge is 0.397 e. The first kappa shape index (κ1) is 15.3. The highest BCUT2D eigenvalue weighted by atomic mass is 35.5. The van der Waals surface area contributed by atoms with Gasteiger partial charge in [-0.3, -0.25) is 9.59 Å². The number of carbonyl (C=O) groups excluding carboxylic acids is 1. The Hall–Kier alpha value is -2.05. The summed E-state index contributed by atoms with van der Waals surface area (Å²) in [5.41, 5.74) is 6.06. The number of aromatic nitrogens is 2. The molecular weight excluding hydrogens is 315 g/mol. The van der Waals surface area contributed by atoms with Crippen molar-refractivity contribution in [1.82, 2.24) is 9.78 Å². The first-order valence-corrected chi connectivity index (χ1v) is 6.79. The van der Waals surface area contributed by atoms with Gasteiger partial charge in [0, 0.05) is 23.7 Å². The molecule has 1 aromatic heterocycles. The van der Waals surface area contributed by atoms with E-state index in [2.05, 4.69) is 10.4 Å². The first-order valence-electron chi connectivity index (χ1n) is 6.04. The zero-order valence-electron chi connectivity index (χ0n) is 10.8. The van der Waals surface area contributed by atoms with Gasteiger partial charge >= 0.3 is 0 Å². The molecule has 2 rings (SSSR count). The Bertz CT molecular complexity index is 707. The van der Waals surface area contributed by atoms with Crippen molar-refractivity contribution in [2.45, 2.75) is 13.0 Å². The molecule has 0 aliphatic heterocycles. The van der Waals surface area contributed by atoms with Crippen molar-refractivity contribution in [3.8, 4) is 0 Å². The summed E-state index contributed by atoms with van der Waals surface area (Å²) in [7, 11) is 0. The second-order valence-corrected chi connectivity index (χ2v) is 5.08. The highest BCUT2D eigenvalue weighted by molar-refractivity contribution is 6.37. The second kappa shape index (κ2) is 6.60. The monoisotopic (exact) mass is 326 g/mol. The minimum Gasteiger partial charge on any atom is -0.397 e. The van der Waals surface area contributed by atoms with E-state index in [0.717, 1.165) is 0 Å². The average Bonchev–Trinajstić information content (AvgIpc) is 2.42. The lowest BCUT2D eigenvalue weighted by molar-refractivity contribution is -0.116. The highest BCUT2D eigenvalue weighted by Gasteiger charge is 2.11. The molecule has 110 valence electrons. The molecule has 1 aromatic carbocycles. The van der Waals surface area contributed by atoms with E-state index in [1.54, 1.807) is 0 Å². The van der Waals surface area contributed by atoms with Gasteiger partial charge in [0.1, 0.15) is 0 Å². The molecule has 0 bridgehead atoms. The molecule has 8 heteroatoms. The number of aryl methyl sites for hydroxylation is 1. The molecule has 1 heterocycles. The van der Waals surface area contributed by atoms with Gasteiger partial charge in [0.2, 0.25) is 5.91 Å². The predicted octanol–water partition coefficient (Wildman–Crippen LogP) is 2.16. The van der Waals surface area contributed by atoms with E-state index in [-0.39, 0.29) is 35.1 Å². The third-order valence-corrected chi connectivity index (χ3v) is 3.20. The summed E-state index contributed by atoms with van der Waals surface area (Å²) < 4.78 is 1.20. The fourth-order valence-corrected chi connectivity index (χ4v) is 2.25. The van der Waals surface area contributed by atoms with Crippen LogP contribution in [0.25, 0.3) is 0 Å². The molecule has 0 fully saturated rings. The van der Waals surface area contributed by atoms with Crippen molar-refractivity contribution >= 4 is 40.5 Å². The van der Waals surface area contributed by atoms with Crippen molar-refractivity contribution in [3.05, 3.63) is 50.9 Å². The van der Waals surface area contributed by atoms with Crippen LogP contribution < -0.4 is 16.6 Å². The topological polar surface area (TPSA) is 90.0 Å². The molecule has 21 heavy (non-hydrogen) atoms. The van der Waals surface area contributed by atoms with E-state index in [4.69, 9.17) is 28.9 Å². The number of nitrogen functional groups attached to an aromatic ring is 1. The normalized spacial score (nSPS) is 10.4. The first-order chi connectivity index (χ1) is 9.97. The van der Waals surface area contributed by atoms with Gasteiger partial charge in [-0.25, -0.2) is 4.68 Å². The molecule has 0 atom stereocenters. The van der Waals surface area contributed by atoms with Crippen molar-refractivity contribution in [3.63, 3.8) is 0 Å². The molecular formula is C13H12Cl2N4O2. The van der Waals surface area contributed by atoms with Crippen molar-refractivity contribution < 1.29 is 4.79 Å². The number of rotatable bonds is 4. The maximum atomic E-state index is 11.9. The zero-order valence-corrected chi connectivity index (χ0v) is 12.4. The summed E-state index contributed by atoms with van der Waals surface area (Å²) in [5, 5.41) is 7.10. The van der Waals surface area contributed by atoms with Crippen LogP contribution in [0.3, 0.4) is 0 Å². The van der Waals surface area contributed by atoms with Gasteiger partial charge in [0.05, 0.1) is 22.9 Å². The number of anilines is 2. The van der Waals surface area contributed by atoms with Gasteiger partial charge in [0.15, 0.2) is 0 Å². The molecule has 0 aliphatic rings. The Morgan fingerprint density at radius 3 is 2.81 bits per heavy atom. The van der Waals surface area contributed by atoms with Crippen LogP contribution in [0.1, 0.15) is 6.42 Å². The fraction of sp³-hybridized carbons (Fsp3) is 0.154. The van der Waals surface area contributed by atoms with Crippen molar-refractivity contribution in [2.24, 2.45) is 0 Å². The number of nitrogens with one attached hydrogen (secondary N) is 1. The van der Waals surface area contributed by atoms with Gasteiger partial charge in [-0.1, -0.05) is 23.2 Å². The maximum Gasteiger partial charge on any atom is 0.266 e. The molecule has 6 nitrogen and oxygen atoms in total. The summed E-state index contributed by atoms with van der Waals surface area (Å²) in [6.07, 6.45) is 1.54. The quantitative estimate of drug-likeness (QED) is 0.842. The van der Waals surface area contributed by atoms with Crippen LogP contribution in [0.2, 0.25) is 10.0 Å². The molecule has 1 amide bonds. The van der Waals surface area contributed by atoms with E-state index in [1.165, 1.54) is 35.1 Å². The standard InChI is InChI=1S/C13H12Cl2N4O2/c14-8-6-9(15)13(10(16)7-8)18-11(20)3-5-19-12(21)2-1-4-17-19/h1-2,4,6-7H,3,5,16H2,(H,18,20). The minimum atomic E-state index is -0.330. The summed E-state index contributed by atoms with van der Waals surface area (Å²) in [5.74, 6) is -0.330. The summed E-state index contributed by atoms with van der Waals surface area (Å²) in [4.78, 5) is 23.3. The van der Waals surface area contributed by atoms with Crippen molar-refractivity contribution in [1.29, 1.82) is 0 Å². The fourth-order valence-electron chi connectivity index (χ4n) is 1.69. The van der Waals surface area contributed by atoms with E-state index in [9.17, 15) is 9.59 Å². The number of nitrogens with two attached hydrogens (primary N) is 1. The van der Waals surface area contributed by atoms with E-state index in [0.29, 0.717) is 10.7 Å². The number of benzene rings is 1. The number of nitrogens with zero attached hydrogens (tertiary/aromatic N) is 2. The lowest BCUT2D eigenvalue weighted by atomic mass is 10.2. The van der Waals surface area contributed by atoms with Gasteiger partial charge in [-0.15, -0.1) is 0 Å². The van der Waals surface area contributed by atoms with Gasteiger partial charge < -0.3 is 11.1 Å². The average molecular weight is 327 g/mol. The lowest BCUT2D eigenvalue weighted by Gasteiger charge is -2.11. The lowest BCUT2D eigenvalue weighted by Crippen LogP contribution is -2.24.